The number of aromatic nitrogens is 4. The Hall–Kier alpha value is -3.14. The van der Waals surface area contributed by atoms with Crippen LogP contribution in [0.2, 0.25) is 0 Å². The highest BCUT2D eigenvalue weighted by atomic mass is 16.3. The van der Waals surface area contributed by atoms with E-state index in [9.17, 15) is 14.7 Å². The van der Waals surface area contributed by atoms with Gasteiger partial charge in [-0.05, 0) is 43.7 Å². The first kappa shape index (κ1) is 23.6. The zero-order chi connectivity index (χ0) is 24.3. The molecule has 1 N–H and O–H groups in total. The fourth-order valence-electron chi connectivity index (χ4n) is 5.85. The van der Waals surface area contributed by atoms with Crippen LogP contribution in [0.25, 0.3) is 0 Å². The van der Waals surface area contributed by atoms with E-state index >= 15 is 0 Å². The zero-order valence-corrected chi connectivity index (χ0v) is 20.1. The molecule has 0 bridgehead atoms. The summed E-state index contributed by atoms with van der Waals surface area (Å²) in [5.41, 5.74) is -0.146. The van der Waals surface area contributed by atoms with E-state index in [2.05, 4.69) is 29.7 Å². The van der Waals surface area contributed by atoms with Crippen molar-refractivity contribution in [3.8, 4) is 5.75 Å². The van der Waals surface area contributed by atoms with Crippen molar-refractivity contribution >= 4 is 17.8 Å². The van der Waals surface area contributed by atoms with Gasteiger partial charge in [-0.25, -0.2) is 19.9 Å². The van der Waals surface area contributed by atoms with Crippen molar-refractivity contribution in [1.82, 2.24) is 29.7 Å². The van der Waals surface area contributed by atoms with E-state index in [0.717, 1.165) is 70.8 Å². The van der Waals surface area contributed by atoms with Crippen LogP contribution >= 0.6 is 0 Å². The van der Waals surface area contributed by atoms with Crippen LogP contribution in [0, 0.1) is 5.41 Å². The number of amides is 2. The third-order valence-electron chi connectivity index (χ3n) is 7.68. The molecule has 1 spiro atoms. The predicted molar refractivity (Wildman–Crippen MR) is 128 cm³/mol. The predicted octanol–water partition coefficient (Wildman–Crippen LogP) is 2.33. The Labute approximate surface area is 205 Å². The lowest BCUT2D eigenvalue weighted by Gasteiger charge is -2.40. The van der Waals surface area contributed by atoms with Crippen molar-refractivity contribution in [3.05, 3.63) is 36.7 Å². The van der Waals surface area contributed by atoms with Crippen LogP contribution in [0.5, 0.6) is 5.75 Å². The Kier molecular flexibility index (Phi) is 6.90. The first-order valence-electron chi connectivity index (χ1n) is 12.6. The summed E-state index contributed by atoms with van der Waals surface area (Å²) in [4.78, 5) is 49.7. The SMILES string of the molecule is O=C1CC2(CCCC2)CC(=O)N1C(CCCN1CCN(c2ncccn2)CC1)c1ncc(O)cn1. The molecule has 2 saturated heterocycles. The minimum absolute atomic E-state index is 0.0334. The van der Waals surface area contributed by atoms with Gasteiger partial charge in [0.05, 0.1) is 18.4 Å². The average molecular weight is 480 g/mol. The number of carbonyl (C=O) groups excluding carboxylic acids is 2. The molecule has 3 fully saturated rings. The van der Waals surface area contributed by atoms with E-state index in [1.54, 1.807) is 12.4 Å². The molecule has 2 amide bonds. The van der Waals surface area contributed by atoms with Gasteiger partial charge in [0.2, 0.25) is 17.8 Å². The number of imide groups is 1. The number of hydrogen-bond donors (Lipinski definition) is 1. The van der Waals surface area contributed by atoms with Crippen molar-refractivity contribution in [1.29, 1.82) is 0 Å². The number of hydrogen-bond acceptors (Lipinski definition) is 9. The lowest BCUT2D eigenvalue weighted by Crippen LogP contribution is -2.49. The van der Waals surface area contributed by atoms with Gasteiger partial charge >= 0.3 is 0 Å². The third kappa shape index (κ3) is 5.27. The van der Waals surface area contributed by atoms with Gasteiger partial charge in [0.1, 0.15) is 0 Å². The normalized spacial score (nSPS) is 21.6. The van der Waals surface area contributed by atoms with E-state index < -0.39 is 6.04 Å². The van der Waals surface area contributed by atoms with Gasteiger partial charge < -0.3 is 10.0 Å². The number of likely N-dealkylation sites (tertiary alicyclic amines) is 1. The standard InChI is InChI=1S/C25H33N7O3/c33-19-17-28-23(29-18-19)20(32-21(34)15-25(16-22(32)35)6-1-2-7-25)5-3-10-30-11-13-31(14-12-30)24-26-8-4-9-27-24/h4,8-9,17-18,20,33H,1-3,5-7,10-16H2. The summed E-state index contributed by atoms with van der Waals surface area (Å²) in [5, 5.41) is 9.65. The molecule has 1 unspecified atom stereocenters. The fourth-order valence-corrected chi connectivity index (χ4v) is 5.85. The van der Waals surface area contributed by atoms with Gasteiger partial charge in [-0.3, -0.25) is 19.4 Å². The lowest BCUT2D eigenvalue weighted by atomic mass is 9.76. The number of aromatic hydroxyl groups is 1. The smallest absolute Gasteiger partial charge is 0.230 e. The minimum atomic E-state index is -0.506. The highest BCUT2D eigenvalue weighted by Crippen LogP contribution is 2.48. The lowest BCUT2D eigenvalue weighted by molar-refractivity contribution is -0.157. The van der Waals surface area contributed by atoms with Gasteiger partial charge in [-0.2, -0.15) is 0 Å². The molecular formula is C25H33N7O3. The molecule has 35 heavy (non-hydrogen) atoms. The molecule has 5 rings (SSSR count). The van der Waals surface area contributed by atoms with Crippen LogP contribution in [0.3, 0.4) is 0 Å². The summed E-state index contributed by atoms with van der Waals surface area (Å²) in [6, 6.07) is 1.31. The Balaban J connectivity index is 1.22. The maximum atomic E-state index is 13.3. The van der Waals surface area contributed by atoms with Crippen LogP contribution in [-0.4, -0.2) is 79.4 Å². The second-order valence-electron chi connectivity index (χ2n) is 10.1. The number of rotatable bonds is 7. The van der Waals surface area contributed by atoms with Crippen LogP contribution in [-0.2, 0) is 9.59 Å². The second-order valence-corrected chi connectivity index (χ2v) is 10.1. The maximum absolute atomic E-state index is 13.3. The van der Waals surface area contributed by atoms with E-state index in [4.69, 9.17) is 0 Å². The van der Waals surface area contributed by atoms with E-state index in [-0.39, 0.29) is 23.0 Å². The largest absolute Gasteiger partial charge is 0.505 e. The molecule has 0 aromatic carbocycles. The molecule has 4 heterocycles. The topological polar surface area (TPSA) is 116 Å². The number of anilines is 1. The summed E-state index contributed by atoms with van der Waals surface area (Å²) in [5.74, 6) is 0.924. The monoisotopic (exact) mass is 479 g/mol. The summed E-state index contributed by atoms with van der Waals surface area (Å²) in [6.07, 6.45) is 12.5. The average Bonchev–Trinajstić information content (AvgIpc) is 3.31. The van der Waals surface area contributed by atoms with Crippen molar-refractivity contribution in [2.75, 3.05) is 37.6 Å². The highest BCUT2D eigenvalue weighted by molar-refractivity contribution is 5.99. The molecule has 1 atom stereocenters. The molecular weight excluding hydrogens is 446 g/mol. The van der Waals surface area contributed by atoms with Crippen molar-refractivity contribution < 1.29 is 14.7 Å². The summed E-state index contributed by atoms with van der Waals surface area (Å²) in [7, 11) is 0. The van der Waals surface area contributed by atoms with Gasteiger partial charge in [-0.1, -0.05) is 12.8 Å². The first-order chi connectivity index (χ1) is 17.0. The van der Waals surface area contributed by atoms with Crippen LogP contribution in [0.1, 0.15) is 63.2 Å². The molecule has 2 aromatic heterocycles. The Morgan fingerprint density at radius 1 is 0.914 bits per heavy atom. The van der Waals surface area contributed by atoms with Crippen LogP contribution < -0.4 is 4.90 Å². The van der Waals surface area contributed by atoms with E-state index in [0.29, 0.717) is 25.1 Å². The van der Waals surface area contributed by atoms with Crippen molar-refractivity contribution in [3.63, 3.8) is 0 Å². The van der Waals surface area contributed by atoms with Crippen molar-refractivity contribution in [2.24, 2.45) is 5.41 Å². The highest BCUT2D eigenvalue weighted by Gasteiger charge is 2.47. The maximum Gasteiger partial charge on any atom is 0.230 e. The Morgan fingerprint density at radius 3 is 2.17 bits per heavy atom. The molecule has 0 radical (unpaired) electrons. The summed E-state index contributed by atoms with van der Waals surface area (Å²) < 4.78 is 0. The molecule has 2 aliphatic heterocycles. The molecule has 1 saturated carbocycles. The van der Waals surface area contributed by atoms with Crippen LogP contribution in [0.4, 0.5) is 5.95 Å². The zero-order valence-electron chi connectivity index (χ0n) is 20.1. The number of piperazine rings is 1. The minimum Gasteiger partial charge on any atom is -0.505 e. The second kappa shape index (κ2) is 10.2. The van der Waals surface area contributed by atoms with E-state index in [1.165, 1.54) is 17.3 Å². The molecule has 10 nitrogen and oxygen atoms in total. The molecule has 3 aliphatic rings. The van der Waals surface area contributed by atoms with Gasteiger partial charge in [0, 0.05) is 51.4 Å². The quantitative estimate of drug-likeness (QED) is 0.597. The first-order valence-corrected chi connectivity index (χ1v) is 12.6. The molecule has 186 valence electrons. The summed E-state index contributed by atoms with van der Waals surface area (Å²) >= 11 is 0. The third-order valence-corrected chi connectivity index (χ3v) is 7.68. The molecule has 1 aliphatic carbocycles. The van der Waals surface area contributed by atoms with E-state index in [1.807, 2.05) is 6.07 Å². The fraction of sp³-hybridized carbons (Fsp3) is 0.600. The van der Waals surface area contributed by atoms with Gasteiger partial charge in [0.15, 0.2) is 11.6 Å². The number of carbonyl (C=O) groups is 2. The van der Waals surface area contributed by atoms with Gasteiger partial charge in [0.25, 0.3) is 0 Å². The number of nitrogens with zero attached hydrogens (tertiary/aromatic N) is 7. The Morgan fingerprint density at radius 2 is 1.54 bits per heavy atom. The number of piperidine rings is 1. The molecule has 10 heteroatoms. The van der Waals surface area contributed by atoms with Crippen LogP contribution in [0.15, 0.2) is 30.9 Å². The molecule has 2 aromatic rings. The summed E-state index contributed by atoms with van der Waals surface area (Å²) in [6.45, 7) is 4.39. The Bertz CT molecular complexity index is 999. The van der Waals surface area contributed by atoms with Gasteiger partial charge in [-0.15, -0.1) is 0 Å². The van der Waals surface area contributed by atoms with Crippen molar-refractivity contribution in [2.45, 2.75) is 57.4 Å².